The number of rotatable bonds is 5. The molecule has 4 atom stereocenters. The first-order valence-corrected chi connectivity index (χ1v) is 7.59. The molecule has 1 fully saturated rings. The first-order valence-electron chi connectivity index (χ1n) is 6.61. The molecular formula is C13H17KN2O5S. The van der Waals surface area contributed by atoms with Crippen LogP contribution in [0.2, 0.25) is 0 Å². The van der Waals surface area contributed by atoms with Crippen LogP contribution in [0.3, 0.4) is 0 Å². The Balaban J connectivity index is 0.00000242. The number of carbonyl (C=O) groups excluding carboxylic acids is 3. The number of β-lactam (4-membered cyclic amide) rings is 1. The van der Waals surface area contributed by atoms with E-state index in [-0.39, 0.29) is 80.8 Å². The molecule has 2 N–H and O–H groups in total. The fraction of sp³-hybridized carbons (Fsp3) is 0.615. The van der Waals surface area contributed by atoms with E-state index >= 15 is 0 Å². The van der Waals surface area contributed by atoms with Gasteiger partial charge in [0.25, 0.3) is 0 Å². The zero-order valence-electron chi connectivity index (χ0n) is 13.0. The maximum atomic E-state index is 12.0. The molecular weight excluding hydrogens is 335 g/mol. The van der Waals surface area contributed by atoms with Gasteiger partial charge in [-0.05, 0) is 6.92 Å². The zero-order valence-corrected chi connectivity index (χ0v) is 16.9. The smallest absolute Gasteiger partial charge is 0.543 e. The van der Waals surface area contributed by atoms with Crippen molar-refractivity contribution in [2.75, 3.05) is 5.88 Å². The van der Waals surface area contributed by atoms with Crippen LogP contribution in [0.15, 0.2) is 10.6 Å². The summed E-state index contributed by atoms with van der Waals surface area (Å²) in [6.07, 6.45) is -0.830. The van der Waals surface area contributed by atoms with Gasteiger partial charge in [-0.2, -0.15) is 0 Å². The average molecular weight is 352 g/mol. The van der Waals surface area contributed by atoms with Gasteiger partial charge < -0.3 is 25.2 Å². The number of aliphatic carboxylic acids is 1. The summed E-state index contributed by atoms with van der Waals surface area (Å²) in [6, 6.07) is -0.356. The molecule has 0 unspecified atom stereocenters. The summed E-state index contributed by atoms with van der Waals surface area (Å²) in [4.78, 5) is 36.0. The van der Waals surface area contributed by atoms with Gasteiger partial charge in [0.1, 0.15) is 0 Å². The summed E-state index contributed by atoms with van der Waals surface area (Å²) in [5, 5.41) is 23.6. The molecule has 0 aromatic rings. The number of aliphatic hydroxyl groups is 1. The van der Waals surface area contributed by atoms with Crippen LogP contribution in [0.4, 0.5) is 0 Å². The average Bonchev–Trinajstić information content (AvgIpc) is 2.59. The maximum absolute atomic E-state index is 12.0. The number of fused-ring (bicyclic) bond motifs is 1. The third kappa shape index (κ3) is 3.45. The second-order valence-electron chi connectivity index (χ2n) is 5.28. The van der Waals surface area contributed by atoms with Crippen molar-refractivity contribution in [1.29, 1.82) is 0 Å². The van der Waals surface area contributed by atoms with E-state index in [1.54, 1.807) is 0 Å². The maximum Gasteiger partial charge on any atom is 1.00 e. The topological polar surface area (TPSA) is 110 Å². The SMILES string of the molecule is CC(=O)NCSC1=C(C(=O)[O-])N2C(=O)[C@H]([C@@H](C)O)[C@H]2[C@H]1C.[K+]. The van der Waals surface area contributed by atoms with Crippen molar-refractivity contribution in [1.82, 2.24) is 10.2 Å². The molecule has 0 aromatic carbocycles. The second kappa shape index (κ2) is 7.78. The first-order chi connectivity index (χ1) is 9.77. The van der Waals surface area contributed by atoms with Crippen molar-refractivity contribution in [2.45, 2.75) is 32.9 Å². The second-order valence-corrected chi connectivity index (χ2v) is 6.29. The number of thioether (sulfide) groups is 1. The number of nitrogens with zero attached hydrogens (tertiary/aromatic N) is 1. The Kier molecular flexibility index (Phi) is 7.12. The van der Waals surface area contributed by atoms with E-state index < -0.39 is 23.9 Å². The minimum atomic E-state index is -1.41. The predicted octanol–water partition coefficient (Wildman–Crippen LogP) is -4.36. The van der Waals surface area contributed by atoms with Gasteiger partial charge >= 0.3 is 51.4 Å². The van der Waals surface area contributed by atoms with Gasteiger partial charge in [-0.1, -0.05) is 6.92 Å². The number of carboxylic acids is 1. The van der Waals surface area contributed by atoms with E-state index in [9.17, 15) is 24.6 Å². The van der Waals surface area contributed by atoms with Crippen molar-refractivity contribution in [3.05, 3.63) is 10.6 Å². The largest absolute Gasteiger partial charge is 1.00 e. The summed E-state index contributed by atoms with van der Waals surface area (Å²) in [6.45, 7) is 4.70. The minimum absolute atomic E-state index is 0. The van der Waals surface area contributed by atoms with Crippen molar-refractivity contribution < 1.29 is 76.0 Å². The molecule has 1 saturated heterocycles. The van der Waals surface area contributed by atoms with Gasteiger partial charge in [0.05, 0.1) is 35.6 Å². The number of carboxylic acid groups (broad SMARTS) is 1. The summed E-state index contributed by atoms with van der Waals surface area (Å²) in [5.41, 5.74) is -0.134. The summed E-state index contributed by atoms with van der Waals surface area (Å²) in [7, 11) is 0. The van der Waals surface area contributed by atoms with Gasteiger partial charge in [0.2, 0.25) is 11.8 Å². The van der Waals surface area contributed by atoms with Crippen LogP contribution in [-0.2, 0) is 14.4 Å². The summed E-state index contributed by atoms with van der Waals surface area (Å²) >= 11 is 1.17. The molecule has 9 heteroatoms. The molecule has 0 spiro atoms. The van der Waals surface area contributed by atoms with Crippen LogP contribution in [0, 0.1) is 11.8 Å². The molecule has 7 nitrogen and oxygen atoms in total. The number of amides is 2. The van der Waals surface area contributed by atoms with Crippen LogP contribution in [0.5, 0.6) is 0 Å². The van der Waals surface area contributed by atoms with Crippen LogP contribution >= 0.6 is 11.8 Å². The van der Waals surface area contributed by atoms with Gasteiger partial charge in [0, 0.05) is 17.7 Å². The van der Waals surface area contributed by atoms with Crippen LogP contribution in [0.25, 0.3) is 0 Å². The number of hydrogen-bond donors (Lipinski definition) is 2. The Bertz CT molecular complexity index is 537. The minimum Gasteiger partial charge on any atom is -0.543 e. The normalized spacial score (nSPS) is 27.7. The fourth-order valence-corrected chi connectivity index (χ4v) is 4.07. The van der Waals surface area contributed by atoms with E-state index in [1.807, 2.05) is 6.92 Å². The molecule has 0 aromatic heterocycles. The number of aliphatic hydroxyl groups excluding tert-OH is 1. The molecule has 2 rings (SSSR count). The van der Waals surface area contributed by atoms with Gasteiger partial charge in [-0.3, -0.25) is 9.59 Å². The Hall–Kier alpha value is 0.0964. The molecule has 0 aliphatic carbocycles. The van der Waals surface area contributed by atoms with Crippen LogP contribution in [-0.4, -0.2) is 45.8 Å². The molecule has 0 saturated carbocycles. The first kappa shape index (κ1) is 20.1. The number of hydrogen-bond acceptors (Lipinski definition) is 6. The van der Waals surface area contributed by atoms with Gasteiger partial charge in [-0.15, -0.1) is 11.8 Å². The molecule has 0 bridgehead atoms. The summed E-state index contributed by atoms with van der Waals surface area (Å²) < 4.78 is 0. The van der Waals surface area contributed by atoms with Crippen molar-refractivity contribution >= 4 is 29.5 Å². The zero-order chi connectivity index (χ0) is 15.9. The molecule has 2 amide bonds. The van der Waals surface area contributed by atoms with Crippen molar-refractivity contribution in [3.63, 3.8) is 0 Å². The number of nitrogens with one attached hydrogen (secondary N) is 1. The number of carbonyl (C=O) groups is 3. The quantitative estimate of drug-likeness (QED) is 0.294. The summed E-state index contributed by atoms with van der Waals surface area (Å²) in [5.74, 6) is -2.60. The van der Waals surface area contributed by atoms with Crippen molar-refractivity contribution in [3.8, 4) is 0 Å². The molecule has 2 heterocycles. The molecule has 2 aliphatic heterocycles. The van der Waals surface area contributed by atoms with Crippen LogP contribution < -0.4 is 61.8 Å². The Morgan fingerprint density at radius 1 is 1.50 bits per heavy atom. The standard InChI is InChI=1S/C13H18N2O5S.K/c1-5-9-8(6(2)16)12(18)15(9)10(13(19)20)11(5)21-4-14-7(3)17;/h5-6,8-9,16H,4H2,1-3H3,(H,14,17)(H,19,20);/q;+1/p-1/t5-,6-,8-,9-;/m1./s1. The Morgan fingerprint density at radius 2 is 2.09 bits per heavy atom. The van der Waals surface area contributed by atoms with Crippen LogP contribution in [0.1, 0.15) is 20.8 Å². The third-order valence-corrected chi connectivity index (χ3v) is 5.02. The van der Waals surface area contributed by atoms with Gasteiger partial charge in [0.15, 0.2) is 0 Å². The molecule has 116 valence electrons. The predicted molar refractivity (Wildman–Crippen MR) is 73.3 cm³/mol. The van der Waals surface area contributed by atoms with Gasteiger partial charge in [-0.25, -0.2) is 0 Å². The Labute approximate surface area is 175 Å². The molecule has 0 radical (unpaired) electrons. The van der Waals surface area contributed by atoms with E-state index in [0.29, 0.717) is 4.91 Å². The third-order valence-electron chi connectivity index (χ3n) is 3.85. The van der Waals surface area contributed by atoms with Crippen molar-refractivity contribution in [2.24, 2.45) is 11.8 Å². The monoisotopic (exact) mass is 352 g/mol. The van der Waals surface area contributed by atoms with E-state index in [1.165, 1.54) is 30.5 Å². The molecule has 22 heavy (non-hydrogen) atoms. The van der Waals surface area contributed by atoms with E-state index in [2.05, 4.69) is 5.32 Å². The molecule has 2 aliphatic rings. The van der Waals surface area contributed by atoms with E-state index in [4.69, 9.17) is 0 Å². The van der Waals surface area contributed by atoms with E-state index in [0.717, 1.165) is 0 Å². The Morgan fingerprint density at radius 3 is 2.55 bits per heavy atom. The fourth-order valence-electron chi connectivity index (χ4n) is 2.92.